The average molecular weight is 324 g/mol. The number of carbonyl (C=O) groups is 3. The predicted molar refractivity (Wildman–Crippen MR) is 86.2 cm³/mol. The minimum absolute atomic E-state index is 0.0755. The van der Waals surface area contributed by atoms with E-state index in [0.29, 0.717) is 11.1 Å². The van der Waals surface area contributed by atoms with Crippen molar-refractivity contribution in [3.63, 3.8) is 0 Å². The van der Waals surface area contributed by atoms with E-state index in [0.717, 1.165) is 0 Å². The highest BCUT2D eigenvalue weighted by molar-refractivity contribution is 6.07. The highest BCUT2D eigenvalue weighted by Gasteiger charge is 2.50. The molecule has 122 valence electrons. The first-order valence-corrected chi connectivity index (χ1v) is 7.50. The van der Waals surface area contributed by atoms with Gasteiger partial charge in [0.15, 0.2) is 0 Å². The van der Waals surface area contributed by atoms with E-state index in [1.54, 1.807) is 60.7 Å². The molecule has 1 aliphatic rings. The molecule has 6 heteroatoms. The van der Waals surface area contributed by atoms with Gasteiger partial charge in [0.05, 0.1) is 5.92 Å². The number of imide groups is 1. The van der Waals surface area contributed by atoms with Gasteiger partial charge in [-0.15, -0.1) is 0 Å². The lowest BCUT2D eigenvalue weighted by atomic mass is 9.79. The molecular formula is C18H16N2O4. The van der Waals surface area contributed by atoms with Crippen LogP contribution >= 0.6 is 0 Å². The Kier molecular flexibility index (Phi) is 4.04. The Hall–Kier alpha value is -3.15. The fraction of sp³-hybridized carbons (Fsp3) is 0.167. The van der Waals surface area contributed by atoms with Crippen LogP contribution in [0.4, 0.5) is 4.79 Å². The van der Waals surface area contributed by atoms with Crippen molar-refractivity contribution in [3.05, 3.63) is 71.8 Å². The quantitative estimate of drug-likeness (QED) is 0.733. The summed E-state index contributed by atoms with van der Waals surface area (Å²) in [5.41, 5.74) is -0.276. The molecule has 3 amide bonds. The Balaban J connectivity index is 2.05. The standard InChI is InChI=1S/C18H16N2O4/c21-15(22)14(12-7-3-1-4-8-12)11-18(13-9-5-2-6-10-13)16(23)19-17(24)20-18/h1-10,14H,11H2,(H,21,22)(H2,19,20,23,24). The molecule has 2 aromatic rings. The van der Waals surface area contributed by atoms with Crippen LogP contribution in [0.5, 0.6) is 0 Å². The lowest BCUT2D eigenvalue weighted by molar-refractivity contribution is -0.139. The largest absolute Gasteiger partial charge is 0.481 e. The Morgan fingerprint density at radius 3 is 2.08 bits per heavy atom. The highest BCUT2D eigenvalue weighted by atomic mass is 16.4. The van der Waals surface area contributed by atoms with Gasteiger partial charge >= 0.3 is 12.0 Å². The molecule has 3 rings (SSSR count). The second kappa shape index (κ2) is 6.16. The van der Waals surface area contributed by atoms with Gasteiger partial charge in [-0.1, -0.05) is 60.7 Å². The van der Waals surface area contributed by atoms with Gasteiger partial charge < -0.3 is 10.4 Å². The first-order chi connectivity index (χ1) is 11.5. The molecule has 0 saturated carbocycles. The van der Waals surface area contributed by atoms with Gasteiger partial charge in [-0.3, -0.25) is 14.9 Å². The van der Waals surface area contributed by atoms with Crippen molar-refractivity contribution in [2.24, 2.45) is 0 Å². The molecule has 0 radical (unpaired) electrons. The summed E-state index contributed by atoms with van der Waals surface area (Å²) in [7, 11) is 0. The number of aliphatic carboxylic acids is 1. The molecule has 1 heterocycles. The average Bonchev–Trinajstić information content (AvgIpc) is 2.88. The summed E-state index contributed by atoms with van der Waals surface area (Å²) in [5, 5.41) is 14.5. The number of rotatable bonds is 5. The van der Waals surface area contributed by atoms with Gasteiger partial charge in [0.1, 0.15) is 5.54 Å². The van der Waals surface area contributed by atoms with Crippen molar-refractivity contribution in [1.29, 1.82) is 0 Å². The molecule has 2 atom stereocenters. The van der Waals surface area contributed by atoms with Crippen molar-refractivity contribution in [2.75, 3.05) is 0 Å². The molecule has 3 N–H and O–H groups in total. The van der Waals surface area contributed by atoms with Crippen molar-refractivity contribution < 1.29 is 19.5 Å². The number of urea groups is 1. The molecule has 6 nitrogen and oxygen atoms in total. The summed E-state index contributed by atoms with van der Waals surface area (Å²) in [5.74, 6) is -2.53. The molecule has 24 heavy (non-hydrogen) atoms. The molecule has 1 fully saturated rings. The van der Waals surface area contributed by atoms with Crippen molar-refractivity contribution in [1.82, 2.24) is 10.6 Å². The van der Waals surface area contributed by atoms with Crippen LogP contribution in [-0.4, -0.2) is 23.0 Å². The fourth-order valence-corrected chi connectivity index (χ4v) is 3.02. The number of hydrogen-bond acceptors (Lipinski definition) is 3. The number of nitrogens with one attached hydrogen (secondary N) is 2. The van der Waals surface area contributed by atoms with Gasteiger partial charge in [0.25, 0.3) is 5.91 Å². The second-order valence-electron chi connectivity index (χ2n) is 5.69. The Morgan fingerprint density at radius 1 is 1.00 bits per heavy atom. The van der Waals surface area contributed by atoms with Gasteiger partial charge in [-0.05, 0) is 11.1 Å². The maximum atomic E-state index is 12.5. The lowest BCUT2D eigenvalue weighted by Gasteiger charge is -2.29. The monoisotopic (exact) mass is 324 g/mol. The summed E-state index contributed by atoms with van der Waals surface area (Å²) in [4.78, 5) is 36.1. The van der Waals surface area contributed by atoms with Gasteiger partial charge in [0, 0.05) is 6.42 Å². The van der Waals surface area contributed by atoms with E-state index in [4.69, 9.17) is 0 Å². The molecule has 0 spiro atoms. The molecule has 0 bridgehead atoms. The Morgan fingerprint density at radius 2 is 1.58 bits per heavy atom. The Bertz CT molecular complexity index is 776. The SMILES string of the molecule is O=C1NC(=O)C(CC(C(=O)O)c2ccccc2)(c2ccccc2)N1. The van der Waals surface area contributed by atoms with Crippen LogP contribution in [-0.2, 0) is 15.1 Å². The summed E-state index contributed by atoms with van der Waals surface area (Å²) >= 11 is 0. The van der Waals surface area contributed by atoms with Crippen molar-refractivity contribution in [3.8, 4) is 0 Å². The van der Waals surface area contributed by atoms with E-state index in [1.807, 2.05) is 0 Å². The first kappa shape index (κ1) is 15.7. The maximum Gasteiger partial charge on any atom is 0.322 e. The van der Waals surface area contributed by atoms with E-state index < -0.39 is 29.4 Å². The number of carboxylic acids is 1. The minimum atomic E-state index is -1.41. The van der Waals surface area contributed by atoms with Crippen LogP contribution in [0.3, 0.4) is 0 Å². The topological polar surface area (TPSA) is 95.5 Å². The third kappa shape index (κ3) is 2.74. The predicted octanol–water partition coefficient (Wildman–Crippen LogP) is 1.98. The lowest BCUT2D eigenvalue weighted by Crippen LogP contribution is -2.45. The molecule has 0 aliphatic carbocycles. The second-order valence-corrected chi connectivity index (χ2v) is 5.69. The van der Waals surface area contributed by atoms with E-state index in [-0.39, 0.29) is 6.42 Å². The van der Waals surface area contributed by atoms with E-state index in [1.165, 1.54) is 0 Å². The molecule has 2 unspecified atom stereocenters. The third-order valence-corrected chi connectivity index (χ3v) is 4.22. The van der Waals surface area contributed by atoms with Crippen LogP contribution in [0.2, 0.25) is 0 Å². The number of hydrogen-bond donors (Lipinski definition) is 3. The van der Waals surface area contributed by atoms with Gasteiger partial charge in [0.2, 0.25) is 0 Å². The molecule has 1 aliphatic heterocycles. The van der Waals surface area contributed by atoms with E-state index in [2.05, 4.69) is 10.6 Å². The van der Waals surface area contributed by atoms with Crippen LogP contribution in [0.15, 0.2) is 60.7 Å². The molecule has 0 aromatic heterocycles. The third-order valence-electron chi connectivity index (χ3n) is 4.22. The van der Waals surface area contributed by atoms with Crippen LogP contribution in [0.1, 0.15) is 23.5 Å². The molecular weight excluding hydrogens is 308 g/mol. The van der Waals surface area contributed by atoms with Gasteiger partial charge in [-0.25, -0.2) is 4.79 Å². The highest BCUT2D eigenvalue weighted by Crippen LogP contribution is 2.36. The minimum Gasteiger partial charge on any atom is -0.481 e. The number of benzene rings is 2. The van der Waals surface area contributed by atoms with E-state index >= 15 is 0 Å². The zero-order valence-electron chi connectivity index (χ0n) is 12.7. The van der Waals surface area contributed by atoms with Gasteiger partial charge in [-0.2, -0.15) is 0 Å². The van der Waals surface area contributed by atoms with Crippen LogP contribution < -0.4 is 10.6 Å². The summed E-state index contributed by atoms with van der Waals surface area (Å²) < 4.78 is 0. The van der Waals surface area contributed by atoms with Crippen molar-refractivity contribution >= 4 is 17.9 Å². The molecule has 2 aromatic carbocycles. The maximum absolute atomic E-state index is 12.5. The number of carboxylic acid groups (broad SMARTS) is 1. The van der Waals surface area contributed by atoms with Crippen LogP contribution in [0.25, 0.3) is 0 Å². The smallest absolute Gasteiger partial charge is 0.322 e. The zero-order valence-corrected chi connectivity index (χ0v) is 12.7. The summed E-state index contributed by atoms with van der Waals surface area (Å²) in [6.07, 6.45) is -0.0755. The van der Waals surface area contributed by atoms with Crippen LogP contribution in [0, 0.1) is 0 Å². The first-order valence-electron chi connectivity index (χ1n) is 7.50. The normalized spacial score (nSPS) is 21.0. The summed E-state index contributed by atoms with van der Waals surface area (Å²) in [6.45, 7) is 0. The zero-order chi connectivity index (χ0) is 17.2. The number of carbonyl (C=O) groups excluding carboxylic acids is 2. The Labute approximate surface area is 138 Å². The molecule has 1 saturated heterocycles. The van der Waals surface area contributed by atoms with Crippen molar-refractivity contribution in [2.45, 2.75) is 17.9 Å². The number of amides is 3. The summed E-state index contributed by atoms with van der Waals surface area (Å²) in [6, 6.07) is 16.7. The van der Waals surface area contributed by atoms with E-state index in [9.17, 15) is 19.5 Å². The fourth-order valence-electron chi connectivity index (χ4n) is 3.02.